The van der Waals surface area contributed by atoms with Gasteiger partial charge in [0.05, 0.1) is 0 Å². The molecule has 0 unspecified atom stereocenters. The maximum Gasteiger partial charge on any atom is 0.313 e. The average Bonchev–Trinajstić information content (AvgIpc) is 3.23. The van der Waals surface area contributed by atoms with Crippen molar-refractivity contribution in [1.82, 2.24) is 5.32 Å². The zero-order chi connectivity index (χ0) is 19.9. The summed E-state index contributed by atoms with van der Waals surface area (Å²) in [7, 11) is 0. The van der Waals surface area contributed by atoms with Crippen LogP contribution in [0.15, 0.2) is 42.5 Å². The number of rotatable bonds is 6. The number of nitrogens with one attached hydrogen (secondary N) is 2. The second-order valence-corrected chi connectivity index (χ2v) is 7.47. The molecule has 1 aliphatic rings. The van der Waals surface area contributed by atoms with Gasteiger partial charge in [-0.25, -0.2) is 0 Å². The van der Waals surface area contributed by atoms with E-state index in [4.69, 9.17) is 0 Å². The van der Waals surface area contributed by atoms with Crippen LogP contribution in [0, 0.1) is 13.8 Å². The second kappa shape index (κ2) is 9.40. The Kier molecular flexibility index (Phi) is 6.69. The maximum atomic E-state index is 12.0. The van der Waals surface area contributed by atoms with Crippen molar-refractivity contribution < 1.29 is 9.59 Å². The van der Waals surface area contributed by atoms with Gasteiger partial charge in [0.2, 0.25) is 0 Å². The molecule has 0 spiro atoms. The second-order valence-electron chi connectivity index (χ2n) is 7.47. The van der Waals surface area contributed by atoms with Gasteiger partial charge in [-0.15, -0.1) is 0 Å². The van der Waals surface area contributed by atoms with Crippen molar-refractivity contribution in [2.75, 3.05) is 29.9 Å². The minimum Gasteiger partial charge on any atom is -0.372 e. The Labute approximate surface area is 167 Å². The van der Waals surface area contributed by atoms with Gasteiger partial charge >= 0.3 is 11.8 Å². The van der Waals surface area contributed by atoms with E-state index in [0.29, 0.717) is 12.2 Å². The van der Waals surface area contributed by atoms with Crippen molar-refractivity contribution >= 4 is 23.2 Å². The molecule has 28 heavy (non-hydrogen) atoms. The number of carbonyl (C=O) groups is 2. The minimum atomic E-state index is -0.627. The molecule has 148 valence electrons. The van der Waals surface area contributed by atoms with E-state index in [1.165, 1.54) is 24.1 Å². The van der Waals surface area contributed by atoms with Crippen molar-refractivity contribution in [3.05, 3.63) is 59.2 Å². The summed E-state index contributed by atoms with van der Waals surface area (Å²) in [5.74, 6) is -1.22. The predicted octanol–water partition coefficient (Wildman–Crippen LogP) is 3.59. The first kappa shape index (κ1) is 19.9. The highest BCUT2D eigenvalue weighted by atomic mass is 16.2. The first-order valence-corrected chi connectivity index (χ1v) is 10.0. The van der Waals surface area contributed by atoms with Gasteiger partial charge in [0.15, 0.2) is 0 Å². The largest absolute Gasteiger partial charge is 0.372 e. The normalized spacial score (nSPS) is 13.4. The molecule has 0 aromatic heterocycles. The molecule has 1 aliphatic heterocycles. The van der Waals surface area contributed by atoms with Gasteiger partial charge in [0.1, 0.15) is 0 Å². The van der Waals surface area contributed by atoms with E-state index >= 15 is 0 Å². The number of benzene rings is 2. The number of hydrogen-bond acceptors (Lipinski definition) is 3. The van der Waals surface area contributed by atoms with Crippen molar-refractivity contribution in [2.24, 2.45) is 0 Å². The van der Waals surface area contributed by atoms with Crippen LogP contribution in [0.25, 0.3) is 0 Å². The lowest BCUT2D eigenvalue weighted by Gasteiger charge is -2.17. The fraction of sp³-hybridized carbons (Fsp3) is 0.391. The van der Waals surface area contributed by atoms with Gasteiger partial charge < -0.3 is 15.5 Å². The van der Waals surface area contributed by atoms with Gasteiger partial charge in [-0.05, 0) is 80.5 Å². The van der Waals surface area contributed by atoms with E-state index in [1.54, 1.807) is 6.07 Å². The van der Waals surface area contributed by atoms with Crippen LogP contribution in [-0.4, -0.2) is 31.4 Å². The first-order chi connectivity index (χ1) is 13.5. The Balaban J connectivity index is 1.38. The molecule has 5 nitrogen and oxygen atoms in total. The third-order valence-corrected chi connectivity index (χ3v) is 5.31. The summed E-state index contributed by atoms with van der Waals surface area (Å²) in [6.45, 7) is 6.76. The lowest BCUT2D eigenvalue weighted by atomic mass is 10.1. The molecule has 0 radical (unpaired) electrons. The molecule has 0 atom stereocenters. The van der Waals surface area contributed by atoms with Crippen molar-refractivity contribution in [3.8, 4) is 0 Å². The Morgan fingerprint density at radius 1 is 0.929 bits per heavy atom. The molecule has 2 N–H and O–H groups in total. The summed E-state index contributed by atoms with van der Waals surface area (Å²) < 4.78 is 0. The maximum absolute atomic E-state index is 12.0. The topological polar surface area (TPSA) is 61.4 Å². The highest BCUT2D eigenvalue weighted by Crippen LogP contribution is 2.20. The Hall–Kier alpha value is -2.82. The number of aryl methyl sites for hydroxylation is 3. The van der Waals surface area contributed by atoms with Crippen LogP contribution in [-0.2, 0) is 16.0 Å². The zero-order valence-electron chi connectivity index (χ0n) is 16.8. The Bertz CT molecular complexity index is 824. The summed E-state index contributed by atoms with van der Waals surface area (Å²) in [5.41, 5.74) is 5.40. The number of nitrogens with zero attached hydrogens (tertiary/aromatic N) is 1. The summed E-state index contributed by atoms with van der Waals surface area (Å²) in [6, 6.07) is 14.3. The highest BCUT2D eigenvalue weighted by molar-refractivity contribution is 6.39. The van der Waals surface area contributed by atoms with Crippen molar-refractivity contribution in [2.45, 2.75) is 39.5 Å². The smallest absolute Gasteiger partial charge is 0.313 e. The fourth-order valence-electron chi connectivity index (χ4n) is 3.43. The third kappa shape index (κ3) is 5.35. The van der Waals surface area contributed by atoms with Gasteiger partial charge in [-0.3, -0.25) is 9.59 Å². The number of anilines is 2. The zero-order valence-corrected chi connectivity index (χ0v) is 16.8. The summed E-state index contributed by atoms with van der Waals surface area (Å²) in [6.07, 6.45) is 4.22. The predicted molar refractivity (Wildman–Crippen MR) is 114 cm³/mol. The quantitative estimate of drug-likeness (QED) is 0.596. The summed E-state index contributed by atoms with van der Waals surface area (Å²) in [4.78, 5) is 26.4. The van der Waals surface area contributed by atoms with Gasteiger partial charge in [0, 0.05) is 31.0 Å². The van der Waals surface area contributed by atoms with Gasteiger partial charge in [0.25, 0.3) is 0 Å². The van der Waals surface area contributed by atoms with E-state index in [9.17, 15) is 9.59 Å². The van der Waals surface area contributed by atoms with Crippen LogP contribution in [0.5, 0.6) is 0 Å². The van der Waals surface area contributed by atoms with Crippen LogP contribution in [0.3, 0.4) is 0 Å². The molecule has 2 amide bonds. The van der Waals surface area contributed by atoms with E-state index in [-0.39, 0.29) is 0 Å². The molecule has 2 aromatic carbocycles. The molecule has 1 fully saturated rings. The monoisotopic (exact) mass is 379 g/mol. The lowest BCUT2D eigenvalue weighted by molar-refractivity contribution is -0.136. The highest BCUT2D eigenvalue weighted by Gasteiger charge is 2.14. The van der Waals surface area contributed by atoms with E-state index in [2.05, 4.69) is 39.8 Å². The first-order valence-electron chi connectivity index (χ1n) is 10.0. The van der Waals surface area contributed by atoms with E-state index in [0.717, 1.165) is 37.1 Å². The van der Waals surface area contributed by atoms with Crippen molar-refractivity contribution in [1.29, 1.82) is 0 Å². The Morgan fingerprint density at radius 3 is 2.32 bits per heavy atom. The van der Waals surface area contributed by atoms with Crippen LogP contribution in [0.1, 0.15) is 36.0 Å². The molecule has 5 heteroatoms. The number of amides is 2. The summed E-state index contributed by atoms with van der Waals surface area (Å²) in [5, 5.41) is 5.34. The molecule has 2 aromatic rings. The van der Waals surface area contributed by atoms with E-state index < -0.39 is 11.8 Å². The molecule has 3 rings (SSSR count). The molecule has 0 aliphatic carbocycles. The van der Waals surface area contributed by atoms with Crippen LogP contribution in [0.4, 0.5) is 11.4 Å². The third-order valence-electron chi connectivity index (χ3n) is 5.31. The molecular weight excluding hydrogens is 350 g/mol. The van der Waals surface area contributed by atoms with Gasteiger partial charge in [-0.2, -0.15) is 0 Å². The fourth-order valence-corrected chi connectivity index (χ4v) is 3.43. The average molecular weight is 380 g/mol. The minimum absolute atomic E-state index is 0.479. The Morgan fingerprint density at radius 2 is 1.64 bits per heavy atom. The molecule has 0 bridgehead atoms. The lowest BCUT2D eigenvalue weighted by Crippen LogP contribution is -2.36. The molecule has 1 saturated heterocycles. The molecular formula is C23H29N3O2. The van der Waals surface area contributed by atoms with E-state index in [1.807, 2.05) is 26.0 Å². The summed E-state index contributed by atoms with van der Waals surface area (Å²) >= 11 is 0. The molecule has 0 saturated carbocycles. The van der Waals surface area contributed by atoms with Gasteiger partial charge in [-0.1, -0.05) is 18.2 Å². The van der Waals surface area contributed by atoms with Crippen LogP contribution < -0.4 is 15.5 Å². The van der Waals surface area contributed by atoms with Crippen LogP contribution >= 0.6 is 0 Å². The number of carbonyl (C=O) groups excluding carboxylic acids is 2. The number of hydrogen-bond donors (Lipinski definition) is 2. The molecule has 1 heterocycles. The van der Waals surface area contributed by atoms with Crippen LogP contribution in [0.2, 0.25) is 0 Å². The SMILES string of the molecule is Cc1ccc(NC(=O)C(=O)NCCCc2ccc(N3CCCC3)cc2)cc1C. The standard InChI is InChI=1S/C23H29N3O2/c1-17-7-10-20(16-18(17)2)25-23(28)22(27)24-13-5-6-19-8-11-21(12-9-19)26-14-3-4-15-26/h7-12,16H,3-6,13-15H2,1-2H3,(H,24,27)(H,25,28). The van der Waals surface area contributed by atoms with Crippen molar-refractivity contribution in [3.63, 3.8) is 0 Å².